The third kappa shape index (κ3) is 5.31. The van der Waals surface area contributed by atoms with E-state index in [1.807, 2.05) is 0 Å². The molecule has 0 saturated heterocycles. The summed E-state index contributed by atoms with van der Waals surface area (Å²) < 4.78 is 23.5. The van der Waals surface area contributed by atoms with Gasteiger partial charge in [0.05, 0.1) is 51.3 Å². The number of ether oxygens (including phenoxy) is 1. The molecule has 2 aromatic heterocycles. The Bertz CT molecular complexity index is 1930. The van der Waals surface area contributed by atoms with Gasteiger partial charge in [-0.05, 0) is 42.0 Å². The van der Waals surface area contributed by atoms with Crippen molar-refractivity contribution >= 4 is 46.0 Å². The van der Waals surface area contributed by atoms with Crippen LogP contribution in [0.2, 0.25) is 10.0 Å². The Kier molecular flexibility index (Phi) is 7.97. The van der Waals surface area contributed by atoms with Crippen molar-refractivity contribution in [3.63, 3.8) is 0 Å². The fraction of sp³-hybridized carbons (Fsp3) is 0.138. The number of aryl methyl sites for hydroxylation is 1. The Morgan fingerprint density at radius 3 is 2.38 bits per heavy atom. The van der Waals surface area contributed by atoms with Crippen LogP contribution in [-0.2, 0) is 23.0 Å². The normalized spacial score (nSPS) is 11.8. The van der Waals surface area contributed by atoms with Crippen molar-refractivity contribution in [3.05, 3.63) is 121 Å². The molecule has 0 unspecified atom stereocenters. The number of halogens is 3. The number of benzene rings is 3. The zero-order chi connectivity index (χ0) is 30.1. The number of carbonyl (C=O) groups is 2. The summed E-state index contributed by atoms with van der Waals surface area (Å²) in [6.45, 7) is 0. The molecular weight excluding hydrogens is 588 g/mol. The number of rotatable bonds is 7. The second-order valence-electron chi connectivity index (χ2n) is 9.29. The van der Waals surface area contributed by atoms with Crippen molar-refractivity contribution in [2.24, 2.45) is 7.05 Å². The van der Waals surface area contributed by atoms with Gasteiger partial charge in [-0.15, -0.1) is 0 Å². The van der Waals surface area contributed by atoms with Crippen molar-refractivity contribution in [3.8, 4) is 11.4 Å². The number of imidazole rings is 1. The van der Waals surface area contributed by atoms with Crippen LogP contribution in [0.25, 0.3) is 22.3 Å². The van der Waals surface area contributed by atoms with Crippen LogP contribution in [0.5, 0.6) is 0 Å². The number of methoxy groups -OCH3 is 1. The topological polar surface area (TPSA) is 117 Å². The number of hydrogen-bond donors (Lipinski definition) is 1. The maximum Gasteiger partial charge on any atom is 0.335 e. The maximum atomic E-state index is 15.0. The average Bonchev–Trinajstić information content (AvgIpc) is 3.51. The summed E-state index contributed by atoms with van der Waals surface area (Å²) in [6, 6.07) is 12.2. The van der Waals surface area contributed by atoms with E-state index >= 15 is 0 Å². The van der Waals surface area contributed by atoms with E-state index in [-0.39, 0.29) is 44.3 Å². The highest BCUT2D eigenvalue weighted by Gasteiger charge is 2.25. The van der Waals surface area contributed by atoms with Gasteiger partial charge in [-0.1, -0.05) is 41.4 Å². The Morgan fingerprint density at radius 2 is 1.76 bits per heavy atom. The molecular formula is C29H22Cl2FN5O5. The molecule has 0 aliphatic carbocycles. The van der Waals surface area contributed by atoms with Crippen molar-refractivity contribution in [1.82, 2.24) is 24.0 Å². The first-order valence-corrected chi connectivity index (χ1v) is 13.2. The number of carbonyl (C=O) groups excluding carboxylic acids is 2. The molecule has 5 aromatic rings. The number of esters is 1. The van der Waals surface area contributed by atoms with Crippen LogP contribution < -0.4 is 16.6 Å². The van der Waals surface area contributed by atoms with Gasteiger partial charge in [-0.3, -0.25) is 14.2 Å². The molecule has 10 nitrogen and oxygen atoms in total. The van der Waals surface area contributed by atoms with E-state index in [0.29, 0.717) is 5.56 Å². The smallest absolute Gasteiger partial charge is 0.335 e. The van der Waals surface area contributed by atoms with E-state index in [2.05, 4.69) is 10.3 Å². The van der Waals surface area contributed by atoms with E-state index in [0.717, 1.165) is 10.6 Å². The van der Waals surface area contributed by atoms with Crippen LogP contribution in [0.4, 0.5) is 4.39 Å². The van der Waals surface area contributed by atoms with Crippen LogP contribution in [0.15, 0.2) is 82.9 Å². The molecule has 0 spiro atoms. The molecule has 0 aliphatic heterocycles. The number of aromatic nitrogens is 4. The molecule has 3 aromatic carbocycles. The highest BCUT2D eigenvalue weighted by atomic mass is 35.5. The van der Waals surface area contributed by atoms with Gasteiger partial charge in [0.15, 0.2) is 0 Å². The number of fused-ring (bicyclic) bond motifs is 1. The van der Waals surface area contributed by atoms with Gasteiger partial charge in [-0.2, -0.15) is 0 Å². The number of nitrogens with one attached hydrogen (secondary N) is 1. The lowest BCUT2D eigenvalue weighted by Gasteiger charge is -2.18. The minimum atomic E-state index is -1.09. The molecule has 1 atom stereocenters. The van der Waals surface area contributed by atoms with Gasteiger partial charge in [-0.25, -0.2) is 23.5 Å². The van der Waals surface area contributed by atoms with Crippen LogP contribution in [0.3, 0.4) is 0 Å². The van der Waals surface area contributed by atoms with E-state index < -0.39 is 35.0 Å². The summed E-state index contributed by atoms with van der Waals surface area (Å²) in [5.41, 5.74) is -0.120. The predicted molar refractivity (Wildman–Crippen MR) is 155 cm³/mol. The zero-order valence-electron chi connectivity index (χ0n) is 22.2. The standard InChI is InChI=1S/C29H22Cl2FN5O5/c1-35-23-14-24(36-11-10-33-15-36)21(32)13-18(23)27(39)37(29(35)41)17-8-6-16(7-9-17)12-22(28(40)42-2)34-26(38)25-19(30)4-3-5-20(25)31/h3-11,13-15,22H,12H2,1-2H3,(H,34,38)/t22-/m0/s1. The molecule has 0 radical (unpaired) electrons. The van der Waals surface area contributed by atoms with Gasteiger partial charge in [0.1, 0.15) is 11.9 Å². The van der Waals surface area contributed by atoms with Gasteiger partial charge in [0.2, 0.25) is 0 Å². The van der Waals surface area contributed by atoms with Crippen LogP contribution >= 0.6 is 23.2 Å². The van der Waals surface area contributed by atoms with E-state index in [1.54, 1.807) is 24.4 Å². The summed E-state index contributed by atoms with van der Waals surface area (Å²) in [4.78, 5) is 55.9. The molecule has 0 saturated carbocycles. The third-order valence-corrected chi connectivity index (χ3v) is 7.37. The van der Waals surface area contributed by atoms with Crippen LogP contribution in [0, 0.1) is 5.82 Å². The number of amides is 1. The second-order valence-corrected chi connectivity index (χ2v) is 10.1. The van der Waals surface area contributed by atoms with Crippen LogP contribution in [0.1, 0.15) is 15.9 Å². The molecule has 0 bridgehead atoms. The summed E-state index contributed by atoms with van der Waals surface area (Å²) >= 11 is 12.3. The summed E-state index contributed by atoms with van der Waals surface area (Å²) in [6.07, 6.45) is 4.47. The zero-order valence-corrected chi connectivity index (χ0v) is 23.7. The third-order valence-electron chi connectivity index (χ3n) is 6.74. The van der Waals surface area contributed by atoms with E-state index in [4.69, 9.17) is 27.9 Å². The molecule has 1 amide bonds. The summed E-state index contributed by atoms with van der Waals surface area (Å²) in [5.74, 6) is -2.02. The summed E-state index contributed by atoms with van der Waals surface area (Å²) in [7, 11) is 2.68. The minimum absolute atomic E-state index is 0.00856. The first-order valence-electron chi connectivity index (χ1n) is 12.5. The van der Waals surface area contributed by atoms with Gasteiger partial charge in [0, 0.05) is 25.9 Å². The van der Waals surface area contributed by atoms with Gasteiger partial charge >= 0.3 is 11.7 Å². The molecule has 1 N–H and O–H groups in total. The van der Waals surface area contributed by atoms with Gasteiger partial charge in [0.25, 0.3) is 11.5 Å². The molecule has 214 valence electrons. The highest BCUT2D eigenvalue weighted by molar-refractivity contribution is 6.39. The lowest BCUT2D eigenvalue weighted by Crippen LogP contribution is -2.43. The van der Waals surface area contributed by atoms with Crippen molar-refractivity contribution < 1.29 is 18.7 Å². The maximum absolute atomic E-state index is 15.0. The first-order chi connectivity index (χ1) is 20.1. The number of hydrogen-bond acceptors (Lipinski definition) is 6. The molecule has 0 aliphatic rings. The minimum Gasteiger partial charge on any atom is -0.467 e. The molecule has 42 heavy (non-hydrogen) atoms. The van der Waals surface area contributed by atoms with Gasteiger partial charge < -0.3 is 14.6 Å². The molecule has 0 fully saturated rings. The monoisotopic (exact) mass is 609 g/mol. The van der Waals surface area contributed by atoms with Crippen LogP contribution in [-0.4, -0.2) is 43.7 Å². The van der Waals surface area contributed by atoms with E-state index in [1.165, 1.54) is 66.1 Å². The van der Waals surface area contributed by atoms with Crippen molar-refractivity contribution in [1.29, 1.82) is 0 Å². The van der Waals surface area contributed by atoms with Crippen molar-refractivity contribution in [2.45, 2.75) is 12.5 Å². The largest absolute Gasteiger partial charge is 0.467 e. The molecule has 13 heteroatoms. The SMILES string of the molecule is COC(=O)[C@H](Cc1ccc(-n2c(=O)c3cc(F)c(-n4ccnc4)cc3n(C)c2=O)cc1)NC(=O)c1c(Cl)cccc1Cl. The Morgan fingerprint density at radius 1 is 1.07 bits per heavy atom. The predicted octanol–water partition coefficient (Wildman–Crippen LogP) is 3.84. The second kappa shape index (κ2) is 11.6. The highest BCUT2D eigenvalue weighted by Crippen LogP contribution is 2.24. The summed E-state index contributed by atoms with van der Waals surface area (Å²) in [5, 5.41) is 2.84. The molecule has 2 heterocycles. The fourth-order valence-electron chi connectivity index (χ4n) is 4.58. The average molecular weight is 610 g/mol. The molecule has 5 rings (SSSR count). The van der Waals surface area contributed by atoms with Crippen molar-refractivity contribution in [2.75, 3.05) is 7.11 Å². The Hall–Kier alpha value is -4.74. The lowest BCUT2D eigenvalue weighted by atomic mass is 10.0. The first kappa shape index (κ1) is 28.8. The lowest BCUT2D eigenvalue weighted by molar-refractivity contribution is -0.142. The Balaban J connectivity index is 1.46. The Labute approximate surface area is 247 Å². The fourth-order valence-corrected chi connectivity index (χ4v) is 5.15. The number of nitrogens with zero attached hydrogens (tertiary/aromatic N) is 4. The van der Waals surface area contributed by atoms with E-state index in [9.17, 15) is 23.6 Å². The quantitative estimate of drug-likeness (QED) is 0.280.